The van der Waals surface area contributed by atoms with Gasteiger partial charge < -0.3 is 31.3 Å². The molecule has 14 nitrogen and oxygen atoms in total. The number of carbonyl (C=O) groups is 4. The quantitative estimate of drug-likeness (QED) is 0.263. The van der Waals surface area contributed by atoms with Crippen LogP contribution in [0.3, 0.4) is 0 Å². The minimum Gasteiger partial charge on any atom is -0.477 e. The minimum atomic E-state index is -1.25. The molecule has 0 aliphatic carbocycles. The molecule has 3 fully saturated rings. The summed E-state index contributed by atoms with van der Waals surface area (Å²) in [5.41, 5.74) is 5.70. The van der Waals surface area contributed by atoms with Gasteiger partial charge in [-0.3, -0.25) is 14.4 Å². The maximum absolute atomic E-state index is 14.1. The smallest absolute Gasteiger partial charge is 0.353 e. The van der Waals surface area contributed by atoms with Crippen molar-refractivity contribution in [1.82, 2.24) is 40.6 Å². The van der Waals surface area contributed by atoms with Crippen molar-refractivity contribution in [2.75, 3.05) is 19.6 Å². The number of alkyl halides is 1. The van der Waals surface area contributed by atoms with Crippen LogP contribution in [0.4, 0.5) is 4.39 Å². The highest BCUT2D eigenvalue weighted by atomic mass is 32.2. The highest BCUT2D eigenvalue weighted by Crippen LogP contribution is 2.51. The molecule has 4 aliphatic rings. The fraction of sp³-hybridized carbons (Fsp3) is 0.696. The number of hydrogen-bond donors (Lipinski definition) is 4. The Labute approximate surface area is 227 Å². The molecule has 5 heterocycles. The highest BCUT2D eigenvalue weighted by molar-refractivity contribution is 8.03. The van der Waals surface area contributed by atoms with Crippen LogP contribution in [0, 0.1) is 11.8 Å². The number of fused-ring (bicyclic) bond motifs is 1. The molecule has 1 aromatic rings. The standard InChI is InChI=1S/C23H32FN9O5S/c1-10-18-17(11(2)28-16(34)8-32-9-27-29-30-32)22(36)33(18)19(23(37)38)20(10)39-12-5-15(26-6-12)21(35)31-4-3-14(25)13(24)7-31/h9-15,17-18,26H,3-8,25H2,1-2H3,(H,28,34)(H,37,38)/t10-,11-,12+,13?,14?,15?,17-,18-/m1/s1. The van der Waals surface area contributed by atoms with E-state index in [1.54, 1.807) is 6.92 Å². The number of nitrogens with zero attached hydrogens (tertiary/aromatic N) is 6. The third-order valence-corrected chi connectivity index (χ3v) is 9.51. The predicted octanol–water partition coefficient (Wildman–Crippen LogP) is -1.69. The van der Waals surface area contributed by atoms with E-state index in [0.717, 1.165) is 0 Å². The SMILES string of the molecule is C[C@@H](NC(=O)Cn1cnnn1)[C@H]1C(=O)N2C(C(=O)O)=C(S[C@@H]3CNC(C(=O)N4CCC(N)C(F)C4)C3)[C@H](C)[C@H]12. The summed E-state index contributed by atoms with van der Waals surface area (Å²) in [5, 5.41) is 26.5. The van der Waals surface area contributed by atoms with E-state index in [1.165, 1.54) is 32.6 Å². The van der Waals surface area contributed by atoms with Crippen LogP contribution in [0.1, 0.15) is 26.7 Å². The number of β-lactam (4-membered cyclic amide) rings is 1. The van der Waals surface area contributed by atoms with Crippen LogP contribution < -0.4 is 16.4 Å². The van der Waals surface area contributed by atoms with Gasteiger partial charge in [0.15, 0.2) is 0 Å². The fourth-order valence-corrected chi connectivity index (χ4v) is 7.47. The third kappa shape index (κ3) is 5.12. The van der Waals surface area contributed by atoms with Gasteiger partial charge in [-0.05, 0) is 30.2 Å². The van der Waals surface area contributed by atoms with Crippen LogP contribution in [-0.4, -0.2) is 114 Å². The molecule has 3 amide bonds. The molecule has 5 N–H and O–H groups in total. The van der Waals surface area contributed by atoms with Gasteiger partial charge in [0, 0.05) is 41.2 Å². The number of hydrogen-bond acceptors (Lipinski definition) is 10. The maximum Gasteiger partial charge on any atom is 0.353 e. The molecule has 39 heavy (non-hydrogen) atoms. The summed E-state index contributed by atoms with van der Waals surface area (Å²) in [7, 11) is 0. The lowest BCUT2D eigenvalue weighted by atomic mass is 9.78. The lowest BCUT2D eigenvalue weighted by Gasteiger charge is -2.47. The van der Waals surface area contributed by atoms with Gasteiger partial charge >= 0.3 is 5.97 Å². The van der Waals surface area contributed by atoms with E-state index in [1.807, 2.05) is 6.92 Å². The van der Waals surface area contributed by atoms with E-state index in [2.05, 4.69) is 26.2 Å². The minimum absolute atomic E-state index is 0.0219. The average Bonchev–Trinajstić information content (AvgIpc) is 3.61. The van der Waals surface area contributed by atoms with Gasteiger partial charge in [0.1, 0.15) is 24.7 Å². The van der Waals surface area contributed by atoms with Gasteiger partial charge in [0.2, 0.25) is 17.7 Å². The van der Waals surface area contributed by atoms with E-state index < -0.39 is 42.2 Å². The number of thioether (sulfide) groups is 1. The van der Waals surface area contributed by atoms with Crippen LogP contribution in [0.5, 0.6) is 0 Å². The summed E-state index contributed by atoms with van der Waals surface area (Å²) >= 11 is 1.37. The number of piperidine rings is 1. The summed E-state index contributed by atoms with van der Waals surface area (Å²) in [5.74, 6) is -2.93. The molecule has 0 saturated carbocycles. The molecule has 16 heteroatoms. The Bertz CT molecular complexity index is 1180. The first kappa shape index (κ1) is 27.5. The van der Waals surface area contributed by atoms with Crippen molar-refractivity contribution in [1.29, 1.82) is 0 Å². The number of nitrogens with one attached hydrogen (secondary N) is 2. The van der Waals surface area contributed by atoms with Gasteiger partial charge in [0.05, 0.1) is 24.5 Å². The molecule has 0 radical (unpaired) electrons. The number of carboxylic acids is 1. The Kier molecular flexibility index (Phi) is 7.61. The van der Waals surface area contributed by atoms with E-state index in [9.17, 15) is 28.7 Å². The second kappa shape index (κ2) is 10.8. The zero-order chi connectivity index (χ0) is 28.0. The summed E-state index contributed by atoms with van der Waals surface area (Å²) in [6.07, 6.45) is 0.922. The molecule has 1 aromatic heterocycles. The molecule has 212 valence electrons. The Hall–Kier alpha value is -3.11. The van der Waals surface area contributed by atoms with Gasteiger partial charge in [-0.1, -0.05) is 6.92 Å². The van der Waals surface area contributed by atoms with Crippen LogP contribution in [0.25, 0.3) is 0 Å². The second-order valence-electron chi connectivity index (χ2n) is 10.6. The lowest BCUT2D eigenvalue weighted by Crippen LogP contribution is -2.66. The molecule has 3 saturated heterocycles. The number of rotatable bonds is 8. The number of aliphatic carboxylic acids is 1. The van der Waals surface area contributed by atoms with Crippen molar-refractivity contribution in [2.24, 2.45) is 17.6 Å². The zero-order valence-corrected chi connectivity index (χ0v) is 22.4. The third-order valence-electron chi connectivity index (χ3n) is 8.00. The van der Waals surface area contributed by atoms with E-state index in [-0.39, 0.29) is 47.7 Å². The van der Waals surface area contributed by atoms with E-state index in [4.69, 9.17) is 5.73 Å². The first-order chi connectivity index (χ1) is 18.6. The number of carboxylic acid groups (broad SMARTS) is 1. The summed E-state index contributed by atoms with van der Waals surface area (Å²) in [6.45, 7) is 4.36. The van der Waals surface area contributed by atoms with Crippen molar-refractivity contribution in [3.63, 3.8) is 0 Å². The van der Waals surface area contributed by atoms with Crippen molar-refractivity contribution in [3.05, 3.63) is 16.9 Å². The molecule has 0 aromatic carbocycles. The monoisotopic (exact) mass is 565 g/mol. The molecule has 4 aliphatic heterocycles. The van der Waals surface area contributed by atoms with Crippen LogP contribution in [-0.2, 0) is 25.7 Å². The molecule has 0 spiro atoms. The molecule has 0 bridgehead atoms. The highest BCUT2D eigenvalue weighted by Gasteiger charge is 2.60. The average molecular weight is 566 g/mol. The molecular weight excluding hydrogens is 533 g/mol. The number of tetrazole rings is 1. The summed E-state index contributed by atoms with van der Waals surface area (Å²) in [6, 6.07) is -1.98. The van der Waals surface area contributed by atoms with Crippen molar-refractivity contribution in [3.8, 4) is 0 Å². The predicted molar refractivity (Wildman–Crippen MR) is 135 cm³/mol. The van der Waals surface area contributed by atoms with Crippen LogP contribution in [0.15, 0.2) is 16.9 Å². The number of likely N-dealkylation sites (tertiary alicyclic amines) is 1. The largest absolute Gasteiger partial charge is 0.477 e. The van der Waals surface area contributed by atoms with E-state index in [0.29, 0.717) is 30.8 Å². The molecule has 8 atom stereocenters. The number of aromatic nitrogens is 4. The number of halogens is 1. The van der Waals surface area contributed by atoms with Gasteiger partial charge in [0.25, 0.3) is 0 Å². The Morgan fingerprint density at radius 3 is 2.82 bits per heavy atom. The van der Waals surface area contributed by atoms with Crippen molar-refractivity contribution >= 4 is 35.5 Å². The van der Waals surface area contributed by atoms with Crippen LogP contribution >= 0.6 is 11.8 Å². The normalized spacial score (nSPS) is 33.1. The second-order valence-corrected chi connectivity index (χ2v) is 11.9. The summed E-state index contributed by atoms with van der Waals surface area (Å²) < 4.78 is 15.3. The Morgan fingerprint density at radius 1 is 1.38 bits per heavy atom. The molecular formula is C23H32FN9O5S. The topological polar surface area (TPSA) is 189 Å². The number of nitrogens with two attached hydrogens (primary N) is 1. The number of carbonyl (C=O) groups excluding carboxylic acids is 3. The Balaban J connectivity index is 1.22. The molecule has 5 rings (SSSR count). The Morgan fingerprint density at radius 2 is 2.15 bits per heavy atom. The van der Waals surface area contributed by atoms with Gasteiger partial charge in [-0.15, -0.1) is 16.9 Å². The first-order valence-electron chi connectivity index (χ1n) is 13.0. The lowest BCUT2D eigenvalue weighted by molar-refractivity contribution is -0.158. The van der Waals surface area contributed by atoms with E-state index >= 15 is 0 Å². The van der Waals surface area contributed by atoms with Gasteiger partial charge in [-0.2, -0.15) is 0 Å². The zero-order valence-electron chi connectivity index (χ0n) is 21.6. The van der Waals surface area contributed by atoms with Crippen molar-refractivity contribution in [2.45, 2.75) is 68.8 Å². The first-order valence-corrected chi connectivity index (χ1v) is 13.8. The fourth-order valence-electron chi connectivity index (χ4n) is 5.99. The van der Waals surface area contributed by atoms with Crippen molar-refractivity contribution < 1.29 is 28.7 Å². The molecule has 3 unspecified atom stereocenters. The van der Waals surface area contributed by atoms with Gasteiger partial charge in [-0.25, -0.2) is 13.9 Å². The maximum atomic E-state index is 14.1. The van der Waals surface area contributed by atoms with Crippen LogP contribution in [0.2, 0.25) is 0 Å². The number of amides is 3. The summed E-state index contributed by atoms with van der Waals surface area (Å²) in [4.78, 5) is 54.2.